The number of methoxy groups -OCH3 is 1. The molecule has 1 fully saturated rings. The predicted octanol–water partition coefficient (Wildman–Crippen LogP) is 6.31. The number of aryl methyl sites for hydroxylation is 1. The lowest BCUT2D eigenvalue weighted by Crippen LogP contribution is -2.49. The Labute approximate surface area is 289 Å². The van der Waals surface area contributed by atoms with Gasteiger partial charge in [-0.15, -0.1) is 0 Å². The number of carbonyl (C=O) groups excluding carboxylic acids is 1. The fourth-order valence-electron chi connectivity index (χ4n) is 7.27. The molecule has 9 nitrogen and oxygen atoms in total. The van der Waals surface area contributed by atoms with Crippen LogP contribution in [0.2, 0.25) is 5.02 Å². The number of benzene rings is 2. The molecule has 12 heteroatoms. The van der Waals surface area contributed by atoms with Gasteiger partial charge in [-0.2, -0.15) is 0 Å². The van der Waals surface area contributed by atoms with Crippen LogP contribution in [-0.2, 0) is 26.4 Å². The van der Waals surface area contributed by atoms with Gasteiger partial charge in [0.1, 0.15) is 5.75 Å². The normalized spacial score (nSPS) is 23.1. The third-order valence-corrected chi connectivity index (χ3v) is 12.3. The van der Waals surface area contributed by atoms with E-state index in [1.165, 1.54) is 30.6 Å². The van der Waals surface area contributed by atoms with E-state index in [-0.39, 0.29) is 28.2 Å². The number of sulfone groups is 1. The molecule has 1 aromatic heterocycles. The average Bonchev–Trinajstić information content (AvgIpc) is 3.19. The van der Waals surface area contributed by atoms with Crippen molar-refractivity contribution < 1.29 is 27.8 Å². The van der Waals surface area contributed by atoms with Crippen LogP contribution >= 0.6 is 27.5 Å². The lowest BCUT2D eigenvalue weighted by molar-refractivity contribution is 0.0455. The second-order valence-corrected chi connectivity index (χ2v) is 16.3. The largest absolute Gasteiger partial charge is 0.490 e. The quantitative estimate of drug-likeness (QED) is 0.188. The molecule has 3 aliphatic rings. The Hall–Kier alpha value is -2.99. The molecule has 2 heterocycles. The number of nitrogens with zero attached hydrogens (tertiary/aromatic N) is 3. The summed E-state index contributed by atoms with van der Waals surface area (Å²) in [6.07, 6.45) is 9.61. The van der Waals surface area contributed by atoms with Gasteiger partial charge >= 0.3 is 5.97 Å². The van der Waals surface area contributed by atoms with Gasteiger partial charge in [-0.05, 0) is 115 Å². The molecule has 1 N–H and O–H groups in total. The SMILES string of the molecule is COC(=O)c1ccc2c(c1)N(C[C@@H]1CC[C@H]1[C@@H](O)/C=C(\Br)CCCS(=O)(=O)c1ncccn1)C[C@@]1(CCCc3cc(Cl)ccc31)CO2. The van der Waals surface area contributed by atoms with Gasteiger partial charge < -0.3 is 19.5 Å². The second kappa shape index (κ2) is 14.2. The fourth-order valence-corrected chi connectivity index (χ4v) is 9.17. The summed E-state index contributed by atoms with van der Waals surface area (Å²) in [4.78, 5) is 22.6. The molecule has 2 aromatic carbocycles. The maximum atomic E-state index is 12.6. The summed E-state index contributed by atoms with van der Waals surface area (Å²) in [5, 5.41) is 11.9. The first-order chi connectivity index (χ1) is 22.6. The zero-order chi connectivity index (χ0) is 33.2. The highest BCUT2D eigenvalue weighted by Crippen LogP contribution is 2.47. The second-order valence-electron chi connectivity index (χ2n) is 12.8. The number of anilines is 1. The molecule has 0 amide bonds. The average molecular weight is 745 g/mol. The minimum absolute atomic E-state index is 0.0359. The molecule has 2 aliphatic carbocycles. The summed E-state index contributed by atoms with van der Waals surface area (Å²) < 4.78 is 37.5. The van der Waals surface area contributed by atoms with E-state index in [4.69, 9.17) is 21.1 Å². The Bertz CT molecular complexity index is 1760. The van der Waals surface area contributed by atoms with E-state index in [9.17, 15) is 18.3 Å². The lowest BCUT2D eigenvalue weighted by atomic mass is 9.68. The zero-order valence-electron chi connectivity index (χ0n) is 26.3. The van der Waals surface area contributed by atoms with Crippen molar-refractivity contribution >= 4 is 49.0 Å². The van der Waals surface area contributed by atoms with E-state index in [0.717, 1.165) is 53.0 Å². The Kier molecular flexibility index (Phi) is 10.3. The minimum Gasteiger partial charge on any atom is -0.490 e. The number of rotatable bonds is 10. The summed E-state index contributed by atoms with van der Waals surface area (Å²) in [6, 6.07) is 13.2. The van der Waals surface area contributed by atoms with Crippen LogP contribution in [0.1, 0.15) is 60.0 Å². The number of hydrogen-bond acceptors (Lipinski definition) is 9. The van der Waals surface area contributed by atoms with Gasteiger partial charge in [0.15, 0.2) is 0 Å². The van der Waals surface area contributed by atoms with Crippen LogP contribution < -0.4 is 9.64 Å². The van der Waals surface area contributed by atoms with Gasteiger partial charge in [0.25, 0.3) is 0 Å². The van der Waals surface area contributed by atoms with Gasteiger partial charge in [0, 0.05) is 35.9 Å². The molecule has 250 valence electrons. The third kappa shape index (κ3) is 7.38. The fraction of sp³-hybridized carbons (Fsp3) is 0.457. The minimum atomic E-state index is -3.57. The first-order valence-electron chi connectivity index (χ1n) is 16.0. The number of carbonyl (C=O) groups is 1. The van der Waals surface area contributed by atoms with Crippen LogP contribution in [0.25, 0.3) is 0 Å². The number of hydrogen-bond donors (Lipinski definition) is 1. The number of aliphatic hydroxyl groups is 1. The number of aromatic nitrogens is 2. The highest BCUT2D eigenvalue weighted by molar-refractivity contribution is 9.11. The van der Waals surface area contributed by atoms with E-state index < -0.39 is 21.9 Å². The first-order valence-corrected chi connectivity index (χ1v) is 18.8. The molecule has 0 bridgehead atoms. The van der Waals surface area contributed by atoms with Crippen LogP contribution in [-0.4, -0.2) is 68.1 Å². The topological polar surface area (TPSA) is 119 Å². The molecule has 1 aliphatic heterocycles. The molecular formula is C35H39BrClN3O6S. The third-order valence-electron chi connectivity index (χ3n) is 9.83. The lowest BCUT2D eigenvalue weighted by Gasteiger charge is -2.45. The van der Waals surface area contributed by atoms with Crippen molar-refractivity contribution in [2.45, 2.75) is 61.6 Å². The van der Waals surface area contributed by atoms with Gasteiger partial charge in [0.05, 0.1) is 36.8 Å². The van der Waals surface area contributed by atoms with Crippen LogP contribution in [0, 0.1) is 11.8 Å². The van der Waals surface area contributed by atoms with Crippen LogP contribution in [0.15, 0.2) is 70.6 Å². The Morgan fingerprint density at radius 3 is 2.79 bits per heavy atom. The highest BCUT2D eigenvalue weighted by Gasteiger charge is 2.44. The first kappa shape index (κ1) is 33.9. The van der Waals surface area contributed by atoms with Crippen molar-refractivity contribution in [3.8, 4) is 5.75 Å². The van der Waals surface area contributed by atoms with E-state index in [0.29, 0.717) is 38.1 Å². The maximum absolute atomic E-state index is 12.6. The Morgan fingerprint density at radius 1 is 1.23 bits per heavy atom. The van der Waals surface area contributed by atoms with Gasteiger partial charge in [-0.3, -0.25) is 0 Å². The number of ether oxygens (including phenoxy) is 2. The van der Waals surface area contributed by atoms with Crippen molar-refractivity contribution in [2.24, 2.45) is 11.8 Å². The smallest absolute Gasteiger partial charge is 0.337 e. The Balaban J connectivity index is 1.19. The molecule has 0 radical (unpaired) electrons. The van der Waals surface area contributed by atoms with Crippen molar-refractivity contribution in [2.75, 3.05) is 37.5 Å². The summed E-state index contributed by atoms with van der Waals surface area (Å²) >= 11 is 9.97. The molecule has 4 atom stereocenters. The summed E-state index contributed by atoms with van der Waals surface area (Å²) in [6.45, 7) is 1.91. The number of aliphatic hydroxyl groups excluding tert-OH is 1. The number of allylic oxidation sites excluding steroid dienone is 1. The van der Waals surface area contributed by atoms with Gasteiger partial charge in [-0.1, -0.05) is 33.6 Å². The summed E-state index contributed by atoms with van der Waals surface area (Å²) in [7, 11) is -2.19. The van der Waals surface area contributed by atoms with Crippen molar-refractivity contribution in [3.05, 3.63) is 87.1 Å². The standard InChI is InChI=1S/C35H39BrClN3O6S/c1-45-33(42)24-8-12-32-30(18-24)40(21-35(22-46-32)13-2-5-23-17-27(37)9-11-29(23)35)20-25-7-10-28(25)31(41)19-26(36)6-3-16-47(43,44)34-38-14-4-15-39-34/h4,8-9,11-12,14-15,17-19,25,28,31,41H,2-3,5-7,10,13,16,20-22H2,1H3/b26-19-/t25-,28+,31-,35-/m0/s1. The van der Waals surface area contributed by atoms with Crippen molar-refractivity contribution in [3.63, 3.8) is 0 Å². The van der Waals surface area contributed by atoms with Crippen molar-refractivity contribution in [1.29, 1.82) is 0 Å². The molecule has 1 saturated carbocycles. The van der Waals surface area contributed by atoms with E-state index in [2.05, 4.69) is 42.9 Å². The zero-order valence-corrected chi connectivity index (χ0v) is 29.4. The van der Waals surface area contributed by atoms with E-state index >= 15 is 0 Å². The molecule has 3 aromatic rings. The van der Waals surface area contributed by atoms with Crippen molar-refractivity contribution in [1.82, 2.24) is 9.97 Å². The number of fused-ring (bicyclic) bond motifs is 3. The molecule has 1 spiro atoms. The number of halogens is 2. The van der Waals surface area contributed by atoms with Crippen LogP contribution in [0.3, 0.4) is 0 Å². The van der Waals surface area contributed by atoms with Gasteiger partial charge in [-0.25, -0.2) is 23.2 Å². The van der Waals surface area contributed by atoms with E-state index in [1.807, 2.05) is 18.2 Å². The number of esters is 1. The molecule has 6 rings (SSSR count). The maximum Gasteiger partial charge on any atom is 0.337 e. The molecule has 0 saturated heterocycles. The highest BCUT2D eigenvalue weighted by atomic mass is 79.9. The monoisotopic (exact) mass is 743 g/mol. The van der Waals surface area contributed by atoms with Crippen LogP contribution in [0.5, 0.6) is 5.75 Å². The van der Waals surface area contributed by atoms with Crippen LogP contribution in [0.4, 0.5) is 5.69 Å². The molecule has 47 heavy (non-hydrogen) atoms. The van der Waals surface area contributed by atoms with Gasteiger partial charge in [0.2, 0.25) is 15.0 Å². The Morgan fingerprint density at radius 2 is 2.04 bits per heavy atom. The van der Waals surface area contributed by atoms with E-state index in [1.54, 1.807) is 18.2 Å². The molecular weight excluding hydrogens is 706 g/mol. The molecule has 0 unspecified atom stereocenters. The summed E-state index contributed by atoms with van der Waals surface area (Å²) in [5.41, 5.74) is 3.58. The summed E-state index contributed by atoms with van der Waals surface area (Å²) in [5.74, 6) is 0.485. The predicted molar refractivity (Wildman–Crippen MR) is 184 cm³/mol.